The Hall–Kier alpha value is -2.51. The number of carbonyl (C=O) groups excluding carboxylic acids is 1. The fourth-order valence-corrected chi connectivity index (χ4v) is 4.34. The van der Waals surface area contributed by atoms with Crippen molar-refractivity contribution in [2.45, 2.75) is 19.1 Å². The quantitative estimate of drug-likeness (QED) is 0.524. The summed E-state index contributed by atoms with van der Waals surface area (Å²) in [5.41, 5.74) is 3.49. The maximum Gasteiger partial charge on any atom is 0.195 e. The van der Waals surface area contributed by atoms with Crippen LogP contribution in [0.15, 0.2) is 54.7 Å². The summed E-state index contributed by atoms with van der Waals surface area (Å²) < 4.78 is 0. The average molecular weight is 408 g/mol. The molecule has 0 radical (unpaired) electrons. The normalized spacial score (nSPS) is 17.8. The number of Topliss-reactive ketones (excluding diaryl/α,β-unsaturated/α-hetero) is 1. The van der Waals surface area contributed by atoms with Crippen LogP contribution < -0.4 is 0 Å². The molecule has 3 aromatic rings. The fraction of sp³-hybridized carbons (Fsp3) is 0.375. The van der Waals surface area contributed by atoms with Crippen molar-refractivity contribution in [2.75, 3.05) is 39.3 Å². The largest absolute Gasteiger partial charge is 0.395 e. The summed E-state index contributed by atoms with van der Waals surface area (Å²) in [6.45, 7) is 5.89. The number of ketones is 1. The van der Waals surface area contributed by atoms with Gasteiger partial charge in [-0.1, -0.05) is 48.0 Å². The first kappa shape index (κ1) is 20.8. The maximum absolute atomic E-state index is 13.4. The molecule has 2 aromatic carbocycles. The van der Waals surface area contributed by atoms with E-state index >= 15 is 0 Å². The van der Waals surface area contributed by atoms with Gasteiger partial charge in [-0.05, 0) is 18.6 Å². The van der Waals surface area contributed by atoms with E-state index in [0.29, 0.717) is 12.1 Å². The number of aliphatic hydroxyl groups is 2. The number of carbonyl (C=O) groups is 1. The molecule has 6 heteroatoms. The van der Waals surface area contributed by atoms with Crippen molar-refractivity contribution in [2.24, 2.45) is 0 Å². The molecular weight excluding hydrogens is 378 g/mol. The molecule has 0 amide bonds. The molecule has 3 N–H and O–H groups in total. The zero-order valence-corrected chi connectivity index (χ0v) is 17.3. The Balaban J connectivity index is 1.63. The van der Waals surface area contributed by atoms with Gasteiger partial charge in [0.15, 0.2) is 5.78 Å². The monoisotopic (exact) mass is 407 g/mol. The van der Waals surface area contributed by atoms with Crippen LogP contribution in [0, 0.1) is 6.92 Å². The highest BCUT2D eigenvalue weighted by Crippen LogP contribution is 2.30. The number of aromatic nitrogens is 1. The summed E-state index contributed by atoms with van der Waals surface area (Å²) in [4.78, 5) is 20.9. The van der Waals surface area contributed by atoms with Crippen LogP contribution in [-0.2, 0) is 0 Å². The molecule has 30 heavy (non-hydrogen) atoms. The number of fused-ring (bicyclic) bond motifs is 1. The summed E-state index contributed by atoms with van der Waals surface area (Å²) >= 11 is 0. The van der Waals surface area contributed by atoms with Crippen LogP contribution in [0.4, 0.5) is 0 Å². The summed E-state index contributed by atoms with van der Waals surface area (Å²) in [6.07, 6.45) is 0.526. The molecule has 1 fully saturated rings. The molecule has 1 aliphatic heterocycles. The van der Waals surface area contributed by atoms with Crippen molar-refractivity contribution >= 4 is 16.7 Å². The molecule has 4 rings (SSSR count). The molecule has 0 unspecified atom stereocenters. The lowest BCUT2D eigenvalue weighted by Crippen LogP contribution is -2.51. The van der Waals surface area contributed by atoms with Gasteiger partial charge in [-0.15, -0.1) is 0 Å². The first-order valence-electron chi connectivity index (χ1n) is 10.5. The van der Waals surface area contributed by atoms with Crippen molar-refractivity contribution in [1.29, 1.82) is 0 Å². The number of nitrogens with one attached hydrogen (secondary N) is 1. The Labute approximate surface area is 176 Å². The molecule has 1 aromatic heterocycles. The highest BCUT2D eigenvalue weighted by Gasteiger charge is 2.35. The van der Waals surface area contributed by atoms with Crippen LogP contribution in [0.2, 0.25) is 0 Å². The van der Waals surface area contributed by atoms with Crippen molar-refractivity contribution < 1.29 is 15.0 Å². The van der Waals surface area contributed by atoms with Crippen molar-refractivity contribution in [3.8, 4) is 0 Å². The van der Waals surface area contributed by atoms with E-state index in [1.165, 1.54) is 0 Å². The number of β-amino-alcohol motifs (C(OH)–C–C–N with tert-alkyl or cyclic N) is 1. The smallest absolute Gasteiger partial charge is 0.195 e. The maximum atomic E-state index is 13.4. The molecule has 6 nitrogen and oxygen atoms in total. The number of hydrogen-bond acceptors (Lipinski definition) is 5. The third-order valence-corrected chi connectivity index (χ3v) is 6.06. The fourth-order valence-electron chi connectivity index (χ4n) is 4.34. The minimum Gasteiger partial charge on any atom is -0.395 e. The number of benzene rings is 2. The van der Waals surface area contributed by atoms with Crippen molar-refractivity contribution in [3.05, 3.63) is 71.4 Å². The van der Waals surface area contributed by atoms with Gasteiger partial charge in [0.2, 0.25) is 0 Å². The molecule has 0 saturated carbocycles. The number of piperazine rings is 1. The highest BCUT2D eigenvalue weighted by atomic mass is 16.3. The third kappa shape index (κ3) is 4.18. The Morgan fingerprint density at radius 3 is 2.47 bits per heavy atom. The Kier molecular flexibility index (Phi) is 6.29. The Bertz CT molecular complexity index is 990. The number of aromatic amines is 1. The van der Waals surface area contributed by atoms with Crippen LogP contribution in [0.5, 0.6) is 0 Å². The van der Waals surface area contributed by atoms with Crippen LogP contribution in [0.3, 0.4) is 0 Å². The molecule has 158 valence electrons. The van der Waals surface area contributed by atoms with Crippen molar-refractivity contribution in [1.82, 2.24) is 14.8 Å². The molecular formula is C24H29N3O3. The van der Waals surface area contributed by atoms with Crippen LogP contribution in [0.25, 0.3) is 10.9 Å². The van der Waals surface area contributed by atoms with Crippen LogP contribution in [-0.4, -0.2) is 76.2 Å². The predicted molar refractivity (Wildman–Crippen MR) is 118 cm³/mol. The molecule has 1 saturated heterocycles. The van der Waals surface area contributed by atoms with E-state index in [0.717, 1.165) is 48.2 Å². The zero-order chi connectivity index (χ0) is 21.1. The minimum atomic E-state index is -1.17. The summed E-state index contributed by atoms with van der Waals surface area (Å²) in [7, 11) is 0. The number of nitrogens with zero attached hydrogens (tertiary/aromatic N) is 2. The Morgan fingerprint density at radius 2 is 1.77 bits per heavy atom. The molecule has 2 heterocycles. The first-order chi connectivity index (χ1) is 14.6. The van der Waals surface area contributed by atoms with Crippen molar-refractivity contribution in [3.63, 3.8) is 0 Å². The second kappa shape index (κ2) is 9.10. The number of hydrogen-bond donors (Lipinski definition) is 3. The van der Waals surface area contributed by atoms with E-state index in [2.05, 4.69) is 14.8 Å². The molecule has 2 atom stereocenters. The number of para-hydroxylation sites is 1. The summed E-state index contributed by atoms with van der Waals surface area (Å²) in [5, 5.41) is 21.3. The first-order valence-corrected chi connectivity index (χ1v) is 10.5. The van der Waals surface area contributed by atoms with Crippen LogP contribution in [0.1, 0.15) is 27.5 Å². The average Bonchev–Trinajstić information content (AvgIpc) is 3.20. The van der Waals surface area contributed by atoms with E-state index in [-0.39, 0.29) is 12.4 Å². The number of aryl methyl sites for hydroxylation is 1. The lowest BCUT2D eigenvalue weighted by atomic mass is 9.92. The van der Waals surface area contributed by atoms with Gasteiger partial charge in [0.25, 0.3) is 0 Å². The third-order valence-electron chi connectivity index (χ3n) is 6.06. The van der Waals surface area contributed by atoms with Crippen LogP contribution >= 0.6 is 0 Å². The molecule has 0 aliphatic carbocycles. The number of H-pyrrole nitrogens is 1. The highest BCUT2D eigenvalue weighted by molar-refractivity contribution is 6.10. The molecule has 0 spiro atoms. The number of aliphatic hydroxyl groups excluding tert-OH is 2. The predicted octanol–water partition coefficient (Wildman–Crippen LogP) is 2.37. The van der Waals surface area contributed by atoms with Gasteiger partial charge in [-0.2, -0.15) is 0 Å². The number of rotatable bonds is 7. The van der Waals surface area contributed by atoms with E-state index < -0.39 is 12.1 Å². The van der Waals surface area contributed by atoms with Gasteiger partial charge in [0, 0.05) is 55.4 Å². The van der Waals surface area contributed by atoms with Gasteiger partial charge >= 0.3 is 0 Å². The zero-order valence-electron chi connectivity index (χ0n) is 17.3. The van der Waals surface area contributed by atoms with E-state index in [4.69, 9.17) is 0 Å². The van der Waals surface area contributed by atoms with Gasteiger partial charge in [-0.25, -0.2) is 0 Å². The van der Waals surface area contributed by atoms with E-state index in [9.17, 15) is 15.0 Å². The minimum absolute atomic E-state index is 0.142. The SMILES string of the molecule is Cc1ccc([C@H]([C@H](O)C(=O)c2c[nH]c3ccccc23)N2CCN(CCO)CC2)cc1. The second-order valence-corrected chi connectivity index (χ2v) is 8.01. The lowest BCUT2D eigenvalue weighted by molar-refractivity contribution is 0.0168. The van der Waals surface area contributed by atoms with Gasteiger partial charge < -0.3 is 15.2 Å². The molecule has 1 aliphatic rings. The lowest BCUT2D eigenvalue weighted by Gasteiger charge is -2.40. The Morgan fingerprint density at radius 1 is 1.07 bits per heavy atom. The van der Waals surface area contributed by atoms with Gasteiger partial charge in [0.05, 0.1) is 12.6 Å². The molecule has 0 bridgehead atoms. The summed E-state index contributed by atoms with van der Waals surface area (Å²) in [6, 6.07) is 15.3. The summed E-state index contributed by atoms with van der Waals surface area (Å²) in [5.74, 6) is -0.268. The topological polar surface area (TPSA) is 79.8 Å². The second-order valence-electron chi connectivity index (χ2n) is 8.01. The van der Waals surface area contributed by atoms with Gasteiger partial charge in [-0.3, -0.25) is 14.6 Å². The van der Waals surface area contributed by atoms with E-state index in [1.807, 2.05) is 55.5 Å². The standard InChI is InChI=1S/C24H29N3O3/c1-17-6-8-18(9-7-17)22(27-12-10-26(11-13-27)14-15-28)24(30)23(29)20-16-25-21-5-3-2-4-19(20)21/h2-9,16,22,24-25,28,30H,10-15H2,1H3/t22-,24+/m1/s1. The van der Waals surface area contributed by atoms with E-state index in [1.54, 1.807) is 6.20 Å². The van der Waals surface area contributed by atoms with Gasteiger partial charge in [0.1, 0.15) is 6.10 Å².